The second kappa shape index (κ2) is 17.9. The Morgan fingerprint density at radius 2 is 1.74 bits per heavy atom. The van der Waals surface area contributed by atoms with Gasteiger partial charge in [0.1, 0.15) is 35.5 Å². The molecule has 0 radical (unpaired) electrons. The maximum Gasteiger partial charge on any atom is 0.343 e. The van der Waals surface area contributed by atoms with Crippen molar-refractivity contribution in [2.75, 3.05) is 37.4 Å². The van der Waals surface area contributed by atoms with Crippen molar-refractivity contribution in [3.05, 3.63) is 51.5 Å². The topological polar surface area (TPSA) is 150 Å². The van der Waals surface area contributed by atoms with Gasteiger partial charge in [0, 0.05) is 90.0 Å². The van der Waals surface area contributed by atoms with Crippen LogP contribution in [-0.4, -0.2) is 107 Å². The Kier molecular flexibility index (Phi) is 12.7. The van der Waals surface area contributed by atoms with E-state index in [-0.39, 0.29) is 94.2 Å². The van der Waals surface area contributed by atoms with Crippen LogP contribution < -0.4 is 16.1 Å². The van der Waals surface area contributed by atoms with Gasteiger partial charge in [0.25, 0.3) is 0 Å². The van der Waals surface area contributed by atoms with Gasteiger partial charge in [-0.15, -0.1) is 18.3 Å². The van der Waals surface area contributed by atoms with E-state index in [4.69, 9.17) is 31.5 Å². The molecule has 12 nitrogen and oxygen atoms in total. The number of pyridine rings is 1. The highest BCUT2D eigenvalue weighted by Crippen LogP contribution is 2.68. The molecular weight excluding hydrogens is 926 g/mol. The molecule has 16 heteroatoms. The summed E-state index contributed by atoms with van der Waals surface area (Å²) in [7, 11) is 2.21. The van der Waals surface area contributed by atoms with Gasteiger partial charge in [0.05, 0.1) is 40.0 Å². The second-order valence-electron chi connectivity index (χ2n) is 23.1. The zero-order chi connectivity index (χ0) is 49.1. The largest absolute Gasteiger partial charge is 0.462 e. The third-order valence-corrected chi connectivity index (χ3v) is 21.0. The molecule has 1 spiro atoms. The van der Waals surface area contributed by atoms with Gasteiger partial charge in [-0.2, -0.15) is 0 Å². The zero-order valence-corrected chi connectivity index (χ0v) is 42.3. The number of halogens is 3. The summed E-state index contributed by atoms with van der Waals surface area (Å²) in [6.45, 7) is 13.4. The third kappa shape index (κ3) is 8.17. The van der Waals surface area contributed by atoms with E-state index >= 15 is 4.39 Å². The fraction of sp³-hybridized carbons (Fsp3) is 0.717. The molecule has 2 aromatic rings. The molecule has 2 N–H and O–H groups in total. The molecule has 5 saturated carbocycles. The number of fused-ring (bicyclic) bond motifs is 3. The van der Waals surface area contributed by atoms with Gasteiger partial charge < -0.3 is 34.3 Å². The predicted molar refractivity (Wildman–Crippen MR) is 262 cm³/mol. The fourth-order valence-electron chi connectivity index (χ4n) is 14.7. The Bertz CT molecular complexity index is 2510. The number of rotatable bonds is 13. The summed E-state index contributed by atoms with van der Waals surface area (Å²) in [4.78, 5) is 74.0. The lowest BCUT2D eigenvalue weighted by molar-refractivity contribution is -0.212. The first-order valence-electron chi connectivity index (χ1n) is 25.5. The van der Waals surface area contributed by atoms with Gasteiger partial charge >= 0.3 is 17.9 Å². The number of ether oxygens (including phenoxy) is 3. The zero-order valence-electron chi connectivity index (χ0n) is 40.7. The average Bonchev–Trinajstić information content (AvgIpc) is 4.18. The van der Waals surface area contributed by atoms with E-state index in [0.29, 0.717) is 49.7 Å². The lowest BCUT2D eigenvalue weighted by Gasteiger charge is -2.62. The van der Waals surface area contributed by atoms with E-state index in [9.17, 15) is 28.4 Å². The lowest BCUT2D eigenvalue weighted by Crippen LogP contribution is -2.63. The molecule has 5 aliphatic carbocycles. The van der Waals surface area contributed by atoms with Crippen molar-refractivity contribution in [3.8, 4) is 0 Å². The highest BCUT2D eigenvalue weighted by atomic mass is 35.5. The molecule has 4 bridgehead atoms. The van der Waals surface area contributed by atoms with Crippen molar-refractivity contribution in [1.29, 1.82) is 0 Å². The van der Waals surface area contributed by atoms with E-state index in [1.54, 1.807) is 16.7 Å². The van der Waals surface area contributed by atoms with Crippen molar-refractivity contribution in [2.45, 2.75) is 165 Å². The quantitative estimate of drug-likeness (QED) is 0.0885. The van der Waals surface area contributed by atoms with Crippen LogP contribution in [0.25, 0.3) is 10.9 Å². The minimum Gasteiger partial charge on any atom is -0.462 e. The molecule has 3 saturated heterocycles. The molecule has 1 aromatic heterocycles. The minimum atomic E-state index is -1.24. The molecule has 8 fully saturated rings. The van der Waals surface area contributed by atoms with E-state index in [2.05, 4.69) is 39.3 Å². The summed E-state index contributed by atoms with van der Waals surface area (Å²) < 4.78 is 50.9. The molecule has 8 aliphatic rings. The Hall–Kier alpha value is -3.53. The number of anilines is 1. The standard InChI is InChI=1S/C53H69ClF2N4O8S/c1-7-50(4)23-40(67-42(63)26-69-32-19-30-10-11-31(20-32)58(30)6)51(5)28(2)12-14-53(15-13-38(61)47(51)53)29(3)48(50)68-41(62)9-8-18-66-49(65)34-24-60(37-22-35(37)55)44-33(46(34)64)21-36(56)45(43(44)54)59-25-39(57)52(27-59)16-17-52/h7,21,24,28-32,35,37,39-40,47-48H,1,8-20,22-23,25-27,57H2,2-6H3/t28?,29-,30?,31?,32?,35+,37?,39-,40+,47?,48?,50+,51-,53?/m1/s1. The van der Waals surface area contributed by atoms with E-state index in [1.165, 1.54) is 23.6 Å². The van der Waals surface area contributed by atoms with Gasteiger partial charge in [-0.25, -0.2) is 13.6 Å². The first kappa shape index (κ1) is 49.1. The number of esters is 3. The number of aromatic nitrogens is 1. The smallest absolute Gasteiger partial charge is 0.343 e. The van der Waals surface area contributed by atoms with Crippen molar-refractivity contribution in [3.63, 3.8) is 0 Å². The van der Waals surface area contributed by atoms with Crippen molar-refractivity contribution >= 4 is 63.6 Å². The number of nitrogens with zero attached hydrogens (tertiary/aromatic N) is 3. The van der Waals surface area contributed by atoms with Gasteiger partial charge in [0.2, 0.25) is 5.43 Å². The van der Waals surface area contributed by atoms with Gasteiger partial charge in [0.15, 0.2) is 0 Å². The summed E-state index contributed by atoms with van der Waals surface area (Å²) in [6, 6.07) is 1.33. The molecule has 376 valence electrons. The Balaban J connectivity index is 0.833. The predicted octanol–water partition coefficient (Wildman–Crippen LogP) is 8.76. The molecule has 69 heavy (non-hydrogen) atoms. The number of piperidine rings is 1. The summed E-state index contributed by atoms with van der Waals surface area (Å²) in [6.07, 6.45) is 10.0. The molecular formula is C53H69ClF2N4O8S. The maximum absolute atomic E-state index is 16.0. The number of benzene rings is 1. The van der Waals surface area contributed by atoms with Crippen LogP contribution in [0.2, 0.25) is 5.02 Å². The second-order valence-corrected chi connectivity index (χ2v) is 24.8. The Labute approximate surface area is 413 Å². The molecule has 10 rings (SSSR count). The van der Waals surface area contributed by atoms with Gasteiger partial charge in [-0.3, -0.25) is 19.2 Å². The molecule has 7 unspecified atom stereocenters. The SMILES string of the molecule is C=C[C@@]1(C)C[C@H](OC(=O)CSC2CC3CCC(C2)N3C)[C@@]2(C)C(C)CCC3(CCC(=O)C32)[C@H](C)C1OC(=O)CCCOC(=O)c1cn(C2C[C@@H]2F)c2c(Cl)c(N3C[C@@H](N)C4(CC4)C3)c(F)cc2c1=O. The Morgan fingerprint density at radius 3 is 2.39 bits per heavy atom. The molecule has 1 aromatic carbocycles. The molecule has 0 amide bonds. The molecule has 13 atom stereocenters. The van der Waals surface area contributed by atoms with Crippen molar-refractivity contribution in [1.82, 2.24) is 9.47 Å². The number of hydrogen-bond acceptors (Lipinski definition) is 12. The number of Topliss-reactive ketones (excluding diaryl/α,β-unsaturated/α-hetero) is 1. The number of nitrogens with two attached hydrogens (primary N) is 1. The summed E-state index contributed by atoms with van der Waals surface area (Å²) in [5, 5.41) is 0.207. The van der Waals surface area contributed by atoms with Crippen LogP contribution >= 0.6 is 23.4 Å². The summed E-state index contributed by atoms with van der Waals surface area (Å²) in [5.74, 6) is -2.62. The maximum atomic E-state index is 16.0. The van der Waals surface area contributed by atoms with Gasteiger partial charge in [-0.1, -0.05) is 45.4 Å². The van der Waals surface area contributed by atoms with Crippen LogP contribution in [0.4, 0.5) is 14.5 Å². The third-order valence-electron chi connectivity index (χ3n) is 19.4. The van der Waals surface area contributed by atoms with Crippen LogP contribution in [0, 0.1) is 45.2 Å². The van der Waals surface area contributed by atoms with Crippen molar-refractivity contribution < 1.29 is 42.2 Å². The summed E-state index contributed by atoms with van der Waals surface area (Å²) in [5.41, 5.74) is 3.45. The highest BCUT2D eigenvalue weighted by molar-refractivity contribution is 8.00. The van der Waals surface area contributed by atoms with Crippen LogP contribution in [0.5, 0.6) is 0 Å². The number of ketones is 1. The number of carbonyl (C=O) groups is 4. The molecule has 3 aliphatic heterocycles. The molecule has 4 heterocycles. The minimum absolute atomic E-state index is 0.0299. The monoisotopic (exact) mass is 994 g/mol. The van der Waals surface area contributed by atoms with Crippen LogP contribution in [0.3, 0.4) is 0 Å². The van der Waals surface area contributed by atoms with E-state index < -0.39 is 69.4 Å². The summed E-state index contributed by atoms with van der Waals surface area (Å²) >= 11 is 8.60. The average molecular weight is 996 g/mol. The normalized spacial score (nSPS) is 38.7. The lowest BCUT2D eigenvalue weighted by atomic mass is 9.44. The fourth-order valence-corrected chi connectivity index (χ4v) is 16.2. The number of thioether (sulfide) groups is 1. The van der Waals surface area contributed by atoms with Crippen molar-refractivity contribution in [2.24, 2.45) is 45.1 Å². The van der Waals surface area contributed by atoms with E-state index in [0.717, 1.165) is 44.6 Å². The number of hydrogen-bond donors (Lipinski definition) is 1. The van der Waals surface area contributed by atoms with Crippen LogP contribution in [-0.2, 0) is 28.6 Å². The van der Waals surface area contributed by atoms with E-state index in [1.807, 2.05) is 13.0 Å². The number of carbonyl (C=O) groups excluding carboxylic acids is 4. The first-order valence-corrected chi connectivity index (χ1v) is 26.9. The highest BCUT2D eigenvalue weighted by Gasteiger charge is 2.69. The number of alkyl halides is 1. The van der Waals surface area contributed by atoms with Crippen LogP contribution in [0.15, 0.2) is 29.7 Å². The van der Waals surface area contributed by atoms with Gasteiger partial charge in [-0.05, 0) is 95.1 Å². The van der Waals surface area contributed by atoms with Crippen LogP contribution in [0.1, 0.15) is 134 Å². The first-order chi connectivity index (χ1) is 32.7. The Morgan fingerprint density at radius 1 is 1.03 bits per heavy atom.